The summed E-state index contributed by atoms with van der Waals surface area (Å²) in [7, 11) is 3.51. The molecular formula is C17H29IN4O3. The largest absolute Gasteiger partial charge is 0.492 e. The molecule has 142 valence electrons. The van der Waals surface area contributed by atoms with Crippen molar-refractivity contribution in [3.63, 3.8) is 0 Å². The summed E-state index contributed by atoms with van der Waals surface area (Å²) in [5.74, 6) is 1.39. The predicted molar refractivity (Wildman–Crippen MR) is 111 cm³/mol. The molecule has 0 radical (unpaired) electrons. The molecule has 0 aliphatic rings. The van der Waals surface area contributed by atoms with Crippen LogP contribution in [0.5, 0.6) is 5.75 Å². The normalized spacial score (nSPS) is 10.6. The maximum atomic E-state index is 11.7. The Kier molecular flexibility index (Phi) is 13.8. The number of ether oxygens (including phenoxy) is 2. The standard InChI is InChI=1S/C17H28N4O3.HI/c1-4-18-17(20-14-16(22)19-10-12-23-3)21(2)11-13-24-15-8-6-5-7-9-15;/h5-9H,4,10-14H2,1-3H3,(H,18,20)(H,19,22);1H. The zero-order valence-electron chi connectivity index (χ0n) is 15.2. The highest BCUT2D eigenvalue weighted by Crippen LogP contribution is 2.07. The number of carbonyl (C=O) groups is 1. The molecule has 0 spiro atoms. The number of likely N-dealkylation sites (N-methyl/N-ethyl adjacent to an activating group) is 1. The van der Waals surface area contributed by atoms with E-state index in [0.717, 1.165) is 12.3 Å². The Balaban J connectivity index is 0.00000576. The maximum absolute atomic E-state index is 11.7. The van der Waals surface area contributed by atoms with Crippen molar-refractivity contribution in [2.24, 2.45) is 4.99 Å². The third kappa shape index (κ3) is 10.8. The molecule has 1 aromatic carbocycles. The minimum absolute atomic E-state index is 0. The highest BCUT2D eigenvalue weighted by Gasteiger charge is 2.07. The van der Waals surface area contributed by atoms with E-state index in [0.29, 0.717) is 32.3 Å². The summed E-state index contributed by atoms with van der Waals surface area (Å²) in [5.41, 5.74) is 0. The molecule has 0 fully saturated rings. The Bertz CT molecular complexity index is 500. The number of guanidine groups is 1. The molecule has 1 amide bonds. The molecule has 0 saturated carbocycles. The van der Waals surface area contributed by atoms with E-state index in [9.17, 15) is 4.79 Å². The fourth-order valence-electron chi connectivity index (χ4n) is 1.89. The van der Waals surface area contributed by atoms with E-state index < -0.39 is 0 Å². The lowest BCUT2D eigenvalue weighted by Crippen LogP contribution is -2.41. The zero-order chi connectivity index (χ0) is 17.6. The van der Waals surface area contributed by atoms with Crippen molar-refractivity contribution >= 4 is 35.8 Å². The van der Waals surface area contributed by atoms with Crippen LogP contribution in [0.1, 0.15) is 6.92 Å². The van der Waals surface area contributed by atoms with Crippen molar-refractivity contribution in [1.82, 2.24) is 15.5 Å². The minimum Gasteiger partial charge on any atom is -0.492 e. The molecule has 0 aromatic heterocycles. The van der Waals surface area contributed by atoms with Gasteiger partial charge in [-0.15, -0.1) is 24.0 Å². The van der Waals surface area contributed by atoms with Gasteiger partial charge in [0.15, 0.2) is 5.96 Å². The van der Waals surface area contributed by atoms with Crippen LogP contribution in [-0.2, 0) is 9.53 Å². The van der Waals surface area contributed by atoms with Crippen LogP contribution in [0.25, 0.3) is 0 Å². The summed E-state index contributed by atoms with van der Waals surface area (Å²) >= 11 is 0. The zero-order valence-corrected chi connectivity index (χ0v) is 17.5. The Morgan fingerprint density at radius 3 is 2.56 bits per heavy atom. The first kappa shape index (κ1) is 23.4. The molecule has 0 aliphatic carbocycles. The first-order valence-electron chi connectivity index (χ1n) is 8.10. The number of rotatable bonds is 10. The van der Waals surface area contributed by atoms with Crippen LogP contribution >= 0.6 is 24.0 Å². The van der Waals surface area contributed by atoms with Crippen molar-refractivity contribution < 1.29 is 14.3 Å². The monoisotopic (exact) mass is 464 g/mol. The summed E-state index contributed by atoms with van der Waals surface area (Å²) in [6, 6.07) is 9.67. The SMILES string of the molecule is CCNC(=NCC(=O)NCCOC)N(C)CCOc1ccccc1.I. The fraction of sp³-hybridized carbons (Fsp3) is 0.529. The second kappa shape index (κ2) is 14.8. The second-order valence-corrected chi connectivity index (χ2v) is 5.10. The Hall–Kier alpha value is -1.55. The van der Waals surface area contributed by atoms with Gasteiger partial charge in [-0.3, -0.25) is 4.79 Å². The summed E-state index contributed by atoms with van der Waals surface area (Å²) in [5, 5.41) is 5.91. The van der Waals surface area contributed by atoms with Gasteiger partial charge < -0.3 is 25.0 Å². The van der Waals surface area contributed by atoms with Crippen LogP contribution in [0.3, 0.4) is 0 Å². The molecule has 0 aliphatic heterocycles. The number of hydrogen-bond donors (Lipinski definition) is 2. The second-order valence-electron chi connectivity index (χ2n) is 5.10. The van der Waals surface area contributed by atoms with Gasteiger partial charge in [-0.05, 0) is 19.1 Å². The van der Waals surface area contributed by atoms with Crippen LogP contribution < -0.4 is 15.4 Å². The first-order valence-corrected chi connectivity index (χ1v) is 8.10. The van der Waals surface area contributed by atoms with Crippen LogP contribution in [-0.4, -0.2) is 70.3 Å². The summed E-state index contributed by atoms with van der Waals surface area (Å²) in [6.07, 6.45) is 0. The third-order valence-electron chi connectivity index (χ3n) is 3.14. The number of aliphatic imine (C=N–C) groups is 1. The third-order valence-corrected chi connectivity index (χ3v) is 3.14. The van der Waals surface area contributed by atoms with Gasteiger partial charge in [0.2, 0.25) is 5.91 Å². The van der Waals surface area contributed by atoms with Crippen LogP contribution in [0.2, 0.25) is 0 Å². The molecule has 2 N–H and O–H groups in total. The number of hydrogen-bond acceptors (Lipinski definition) is 4. The minimum atomic E-state index is -0.128. The number of nitrogens with one attached hydrogen (secondary N) is 2. The van der Waals surface area contributed by atoms with Gasteiger partial charge in [-0.25, -0.2) is 4.99 Å². The van der Waals surface area contributed by atoms with Gasteiger partial charge in [0, 0.05) is 27.2 Å². The molecular weight excluding hydrogens is 435 g/mol. The molecule has 0 unspecified atom stereocenters. The number of benzene rings is 1. The molecule has 0 bridgehead atoms. The van der Waals surface area contributed by atoms with Gasteiger partial charge in [0.05, 0.1) is 13.2 Å². The molecule has 1 rings (SSSR count). The van der Waals surface area contributed by atoms with E-state index in [1.165, 1.54) is 0 Å². The average molecular weight is 464 g/mol. The molecule has 0 heterocycles. The van der Waals surface area contributed by atoms with Gasteiger partial charge in [-0.2, -0.15) is 0 Å². The van der Waals surface area contributed by atoms with Crippen molar-refractivity contribution in [2.75, 3.05) is 53.6 Å². The van der Waals surface area contributed by atoms with E-state index in [2.05, 4.69) is 15.6 Å². The van der Waals surface area contributed by atoms with E-state index >= 15 is 0 Å². The van der Waals surface area contributed by atoms with E-state index in [1.807, 2.05) is 49.2 Å². The smallest absolute Gasteiger partial charge is 0.241 e. The van der Waals surface area contributed by atoms with Gasteiger partial charge in [-0.1, -0.05) is 18.2 Å². The van der Waals surface area contributed by atoms with Gasteiger partial charge >= 0.3 is 0 Å². The lowest BCUT2D eigenvalue weighted by Gasteiger charge is -2.22. The fourth-order valence-corrected chi connectivity index (χ4v) is 1.89. The lowest BCUT2D eigenvalue weighted by atomic mass is 10.3. The van der Waals surface area contributed by atoms with Crippen molar-refractivity contribution in [2.45, 2.75) is 6.92 Å². The molecule has 0 saturated heterocycles. The highest BCUT2D eigenvalue weighted by atomic mass is 127. The number of amides is 1. The van der Waals surface area contributed by atoms with Crippen molar-refractivity contribution in [3.05, 3.63) is 30.3 Å². The average Bonchev–Trinajstić information content (AvgIpc) is 2.59. The molecule has 25 heavy (non-hydrogen) atoms. The number of carbonyl (C=O) groups excluding carboxylic acids is 1. The topological polar surface area (TPSA) is 75.2 Å². The Morgan fingerprint density at radius 2 is 1.92 bits per heavy atom. The van der Waals surface area contributed by atoms with Gasteiger partial charge in [0.25, 0.3) is 0 Å². The summed E-state index contributed by atoms with van der Waals surface area (Å²) < 4.78 is 10.6. The van der Waals surface area contributed by atoms with E-state index in [1.54, 1.807) is 7.11 Å². The Morgan fingerprint density at radius 1 is 1.20 bits per heavy atom. The van der Waals surface area contributed by atoms with E-state index in [-0.39, 0.29) is 36.4 Å². The summed E-state index contributed by atoms with van der Waals surface area (Å²) in [6.45, 7) is 4.97. The van der Waals surface area contributed by atoms with Gasteiger partial charge in [0.1, 0.15) is 18.9 Å². The van der Waals surface area contributed by atoms with Crippen LogP contribution in [0, 0.1) is 0 Å². The molecule has 1 aromatic rings. The molecule has 8 heteroatoms. The van der Waals surface area contributed by atoms with Crippen LogP contribution in [0.15, 0.2) is 35.3 Å². The maximum Gasteiger partial charge on any atom is 0.241 e. The molecule has 7 nitrogen and oxygen atoms in total. The number of halogens is 1. The van der Waals surface area contributed by atoms with Crippen molar-refractivity contribution in [1.29, 1.82) is 0 Å². The first-order chi connectivity index (χ1) is 11.7. The quantitative estimate of drug-likeness (QED) is 0.237. The van der Waals surface area contributed by atoms with Crippen LogP contribution in [0.4, 0.5) is 0 Å². The van der Waals surface area contributed by atoms with Crippen molar-refractivity contribution in [3.8, 4) is 5.75 Å². The number of para-hydroxylation sites is 1. The predicted octanol–water partition coefficient (Wildman–Crippen LogP) is 1.34. The lowest BCUT2D eigenvalue weighted by molar-refractivity contribution is -0.119. The number of nitrogens with zero attached hydrogens (tertiary/aromatic N) is 2. The molecule has 0 atom stereocenters. The highest BCUT2D eigenvalue weighted by molar-refractivity contribution is 14.0. The summed E-state index contributed by atoms with van der Waals surface area (Å²) in [4.78, 5) is 18.0. The van der Waals surface area contributed by atoms with E-state index in [4.69, 9.17) is 9.47 Å². The Labute approximate surface area is 167 Å². The number of methoxy groups -OCH3 is 1.